The molecule has 1 fully saturated rings. The molecule has 0 heterocycles. The highest BCUT2D eigenvalue weighted by atomic mass is 16.5. The first kappa shape index (κ1) is 17.3. The van der Waals surface area contributed by atoms with Crippen LogP contribution < -0.4 is 10.6 Å². The molecular formula is C14H24N2O5. The summed E-state index contributed by atoms with van der Waals surface area (Å²) in [5.41, 5.74) is 0. The van der Waals surface area contributed by atoms with Crippen molar-refractivity contribution >= 4 is 18.0 Å². The highest BCUT2D eigenvalue weighted by molar-refractivity contribution is 5.75. The van der Waals surface area contributed by atoms with E-state index in [1.165, 1.54) is 0 Å². The third-order valence-corrected chi connectivity index (χ3v) is 3.51. The van der Waals surface area contributed by atoms with Gasteiger partial charge in [0, 0.05) is 19.0 Å². The molecule has 2 unspecified atom stereocenters. The fraction of sp³-hybridized carbons (Fsp3) is 0.786. The maximum Gasteiger partial charge on any atom is 0.315 e. The SMILES string of the molecule is CCOC(=O)CCCNC(=O)NC1CCCC(C(=O)O)C1. The molecule has 7 nitrogen and oxygen atoms in total. The van der Waals surface area contributed by atoms with Crippen molar-refractivity contribution in [3.63, 3.8) is 0 Å². The molecule has 0 aromatic rings. The standard InChI is InChI=1S/C14H24N2O5/c1-2-21-12(17)7-4-8-15-14(20)16-11-6-3-5-10(9-11)13(18)19/h10-11H,2-9H2,1H3,(H,18,19)(H2,15,16,20). The van der Waals surface area contributed by atoms with Gasteiger partial charge in [-0.05, 0) is 32.6 Å². The molecule has 1 aliphatic rings. The van der Waals surface area contributed by atoms with Gasteiger partial charge in [-0.3, -0.25) is 9.59 Å². The predicted molar refractivity (Wildman–Crippen MR) is 75.8 cm³/mol. The Balaban J connectivity index is 2.15. The van der Waals surface area contributed by atoms with E-state index >= 15 is 0 Å². The van der Waals surface area contributed by atoms with Gasteiger partial charge in [-0.1, -0.05) is 6.42 Å². The smallest absolute Gasteiger partial charge is 0.315 e. The molecule has 2 atom stereocenters. The van der Waals surface area contributed by atoms with Crippen LogP contribution in [0.1, 0.15) is 45.4 Å². The number of carboxylic acids is 1. The lowest BCUT2D eigenvalue weighted by Gasteiger charge is -2.27. The minimum Gasteiger partial charge on any atom is -0.481 e. The van der Waals surface area contributed by atoms with Crippen LogP contribution in [0.25, 0.3) is 0 Å². The lowest BCUT2D eigenvalue weighted by molar-refractivity contribution is -0.144. The van der Waals surface area contributed by atoms with Crippen LogP contribution in [0.3, 0.4) is 0 Å². The summed E-state index contributed by atoms with van der Waals surface area (Å²) in [5.74, 6) is -1.43. The molecule has 3 N–H and O–H groups in total. The molecule has 120 valence electrons. The fourth-order valence-electron chi connectivity index (χ4n) is 2.45. The average Bonchev–Trinajstić information content (AvgIpc) is 2.44. The predicted octanol–water partition coefficient (Wildman–Crippen LogP) is 1.27. The van der Waals surface area contributed by atoms with Crippen molar-refractivity contribution in [2.45, 2.75) is 51.5 Å². The highest BCUT2D eigenvalue weighted by Crippen LogP contribution is 2.24. The molecule has 2 amide bonds. The van der Waals surface area contributed by atoms with Crippen molar-refractivity contribution in [2.24, 2.45) is 5.92 Å². The third kappa shape index (κ3) is 6.97. The minimum absolute atomic E-state index is 0.0927. The topological polar surface area (TPSA) is 105 Å². The Morgan fingerprint density at radius 2 is 2.05 bits per heavy atom. The number of carbonyl (C=O) groups is 3. The van der Waals surface area contributed by atoms with Gasteiger partial charge >= 0.3 is 18.0 Å². The Bertz CT molecular complexity index is 372. The van der Waals surface area contributed by atoms with Gasteiger partial charge in [-0.15, -0.1) is 0 Å². The largest absolute Gasteiger partial charge is 0.481 e. The van der Waals surface area contributed by atoms with Gasteiger partial charge in [-0.2, -0.15) is 0 Å². The molecule has 1 saturated carbocycles. The molecule has 0 aromatic heterocycles. The van der Waals surface area contributed by atoms with E-state index in [2.05, 4.69) is 10.6 Å². The van der Waals surface area contributed by atoms with Crippen molar-refractivity contribution in [1.82, 2.24) is 10.6 Å². The Kier molecular flexibility index (Phi) is 7.56. The summed E-state index contributed by atoms with van der Waals surface area (Å²) in [5, 5.41) is 14.4. The molecular weight excluding hydrogens is 276 g/mol. The van der Waals surface area contributed by atoms with Crippen LogP contribution in [0.5, 0.6) is 0 Å². The van der Waals surface area contributed by atoms with Crippen molar-refractivity contribution in [3.05, 3.63) is 0 Å². The number of amides is 2. The highest BCUT2D eigenvalue weighted by Gasteiger charge is 2.27. The number of carbonyl (C=O) groups excluding carboxylic acids is 2. The lowest BCUT2D eigenvalue weighted by atomic mass is 9.86. The van der Waals surface area contributed by atoms with E-state index in [9.17, 15) is 14.4 Å². The van der Waals surface area contributed by atoms with Crippen LogP contribution in [0.4, 0.5) is 4.79 Å². The molecule has 0 aromatic carbocycles. The Morgan fingerprint density at radius 1 is 1.29 bits per heavy atom. The van der Waals surface area contributed by atoms with Gasteiger partial charge in [0.1, 0.15) is 0 Å². The fourth-order valence-corrected chi connectivity index (χ4v) is 2.45. The van der Waals surface area contributed by atoms with E-state index in [4.69, 9.17) is 9.84 Å². The number of rotatable bonds is 7. The Hall–Kier alpha value is -1.79. The van der Waals surface area contributed by atoms with Crippen molar-refractivity contribution in [2.75, 3.05) is 13.2 Å². The molecule has 0 radical (unpaired) electrons. The zero-order valence-corrected chi connectivity index (χ0v) is 12.4. The number of ether oxygens (including phenoxy) is 1. The quantitative estimate of drug-likeness (QED) is 0.485. The second kappa shape index (κ2) is 9.20. The summed E-state index contributed by atoms with van der Waals surface area (Å²) >= 11 is 0. The van der Waals surface area contributed by atoms with Crippen LogP contribution in [-0.2, 0) is 14.3 Å². The molecule has 0 saturated heterocycles. The number of nitrogens with one attached hydrogen (secondary N) is 2. The summed E-state index contributed by atoms with van der Waals surface area (Å²) in [4.78, 5) is 33.7. The Morgan fingerprint density at radius 3 is 2.71 bits per heavy atom. The van der Waals surface area contributed by atoms with Crippen LogP contribution in [-0.4, -0.2) is 42.3 Å². The molecule has 7 heteroatoms. The van der Waals surface area contributed by atoms with Gasteiger partial charge in [0.2, 0.25) is 0 Å². The van der Waals surface area contributed by atoms with Gasteiger partial charge in [0.05, 0.1) is 12.5 Å². The first-order valence-corrected chi connectivity index (χ1v) is 7.45. The normalized spacial score (nSPS) is 21.4. The van der Waals surface area contributed by atoms with Crippen LogP contribution in [0.15, 0.2) is 0 Å². The van der Waals surface area contributed by atoms with Crippen LogP contribution in [0, 0.1) is 5.92 Å². The number of aliphatic carboxylic acids is 1. The van der Waals surface area contributed by atoms with Crippen LogP contribution in [0.2, 0.25) is 0 Å². The van der Waals surface area contributed by atoms with Crippen molar-refractivity contribution in [3.8, 4) is 0 Å². The monoisotopic (exact) mass is 300 g/mol. The van der Waals surface area contributed by atoms with E-state index in [1.807, 2.05) is 0 Å². The van der Waals surface area contributed by atoms with Crippen molar-refractivity contribution in [1.29, 1.82) is 0 Å². The summed E-state index contributed by atoms with van der Waals surface area (Å²) in [6, 6.07) is -0.403. The number of carboxylic acid groups (broad SMARTS) is 1. The number of hydrogen-bond donors (Lipinski definition) is 3. The van der Waals surface area contributed by atoms with E-state index in [0.717, 1.165) is 12.8 Å². The third-order valence-electron chi connectivity index (χ3n) is 3.51. The van der Waals surface area contributed by atoms with Gasteiger partial charge in [0.15, 0.2) is 0 Å². The second-order valence-electron chi connectivity index (χ2n) is 5.21. The van der Waals surface area contributed by atoms with E-state index < -0.39 is 5.97 Å². The zero-order chi connectivity index (χ0) is 15.7. The molecule has 0 spiro atoms. The maximum absolute atomic E-state index is 11.7. The van der Waals surface area contributed by atoms with Gasteiger partial charge in [0.25, 0.3) is 0 Å². The molecule has 1 aliphatic carbocycles. The van der Waals surface area contributed by atoms with Crippen molar-refractivity contribution < 1.29 is 24.2 Å². The molecule has 0 bridgehead atoms. The molecule has 0 aliphatic heterocycles. The van der Waals surface area contributed by atoms with Gasteiger partial charge < -0.3 is 20.5 Å². The number of hydrogen-bond acceptors (Lipinski definition) is 4. The summed E-state index contributed by atoms with van der Waals surface area (Å²) in [6.45, 7) is 2.50. The summed E-state index contributed by atoms with van der Waals surface area (Å²) in [6.07, 6.45) is 3.57. The summed E-state index contributed by atoms with van der Waals surface area (Å²) in [7, 11) is 0. The summed E-state index contributed by atoms with van der Waals surface area (Å²) < 4.78 is 4.78. The Labute approximate surface area is 124 Å². The second-order valence-corrected chi connectivity index (χ2v) is 5.21. The number of urea groups is 1. The minimum atomic E-state index is -0.795. The number of esters is 1. The van der Waals surface area contributed by atoms with Crippen LogP contribution >= 0.6 is 0 Å². The zero-order valence-electron chi connectivity index (χ0n) is 12.4. The lowest BCUT2D eigenvalue weighted by Crippen LogP contribution is -2.45. The van der Waals surface area contributed by atoms with Gasteiger partial charge in [-0.25, -0.2) is 4.79 Å². The van der Waals surface area contributed by atoms with E-state index in [1.54, 1.807) is 6.92 Å². The average molecular weight is 300 g/mol. The first-order valence-electron chi connectivity index (χ1n) is 7.45. The molecule has 1 rings (SSSR count). The van der Waals surface area contributed by atoms with E-state index in [-0.39, 0.29) is 30.4 Å². The first-order chi connectivity index (χ1) is 10.0. The maximum atomic E-state index is 11.7. The van der Waals surface area contributed by atoms with E-state index in [0.29, 0.717) is 32.4 Å². The molecule has 21 heavy (non-hydrogen) atoms.